The van der Waals surface area contributed by atoms with Crippen LogP contribution in [0.5, 0.6) is 0 Å². The van der Waals surface area contributed by atoms with E-state index in [4.69, 9.17) is 4.99 Å². The number of amidine groups is 1. The molecule has 0 unspecified atom stereocenters. The number of thiophene rings is 1. The molecule has 35 heavy (non-hydrogen) atoms. The summed E-state index contributed by atoms with van der Waals surface area (Å²) in [7, 11) is 0. The standard InChI is InChI=1S/C29H29N3O2S/c1-17-11-21(22-6-8-25-23(13-22)12-18(2)35-25)5-7-24(17)26-30-29(9-10-29)28(34)32(26)16-19-14-31(15-19)27(33)20-3-4-20/h5-8,11-13,19-20H,3-4,9-10,14-16H2,1-2H3. The number of hydrogen-bond acceptors (Lipinski definition) is 4. The largest absolute Gasteiger partial charge is 0.342 e. The maximum atomic E-state index is 13.3. The average molecular weight is 484 g/mol. The van der Waals surface area contributed by atoms with Crippen LogP contribution in [0.1, 0.15) is 41.7 Å². The van der Waals surface area contributed by atoms with Crippen LogP contribution in [0, 0.1) is 25.7 Å². The number of nitrogens with zero attached hydrogens (tertiary/aromatic N) is 3. The van der Waals surface area contributed by atoms with E-state index in [0.29, 0.717) is 18.4 Å². The molecule has 0 atom stereocenters. The van der Waals surface area contributed by atoms with Crippen molar-refractivity contribution in [2.45, 2.75) is 45.1 Å². The fourth-order valence-electron chi connectivity index (χ4n) is 5.64. The molecule has 7 rings (SSSR count). The molecule has 2 aliphatic heterocycles. The molecule has 1 aromatic heterocycles. The maximum Gasteiger partial charge on any atom is 0.256 e. The summed E-state index contributed by atoms with van der Waals surface area (Å²) >= 11 is 1.83. The quantitative estimate of drug-likeness (QED) is 0.502. The molecule has 2 aromatic carbocycles. The van der Waals surface area contributed by atoms with Crippen molar-refractivity contribution in [3.8, 4) is 11.1 Å². The fourth-order valence-corrected chi connectivity index (χ4v) is 6.54. The Kier molecular flexibility index (Phi) is 4.57. The van der Waals surface area contributed by atoms with E-state index < -0.39 is 5.54 Å². The number of benzene rings is 2. The Labute approximate surface area is 209 Å². The van der Waals surface area contributed by atoms with Gasteiger partial charge in [-0.15, -0.1) is 11.3 Å². The molecule has 6 heteroatoms. The third kappa shape index (κ3) is 3.53. The van der Waals surface area contributed by atoms with Gasteiger partial charge in [-0.1, -0.05) is 24.3 Å². The maximum absolute atomic E-state index is 13.3. The van der Waals surface area contributed by atoms with Gasteiger partial charge >= 0.3 is 0 Å². The number of aryl methyl sites for hydroxylation is 2. The summed E-state index contributed by atoms with van der Waals surface area (Å²) in [5.41, 5.74) is 4.05. The van der Waals surface area contributed by atoms with E-state index in [1.54, 1.807) is 0 Å². The van der Waals surface area contributed by atoms with E-state index in [1.807, 2.05) is 21.1 Å². The second-order valence-corrected chi connectivity index (χ2v) is 12.2. The molecule has 2 saturated carbocycles. The van der Waals surface area contributed by atoms with Crippen molar-refractivity contribution in [2.75, 3.05) is 19.6 Å². The molecular formula is C29H29N3O2S. The second kappa shape index (κ2) is 7.50. The molecule has 178 valence electrons. The number of hydrogen-bond donors (Lipinski definition) is 0. The van der Waals surface area contributed by atoms with Crippen molar-refractivity contribution >= 4 is 39.1 Å². The molecule has 1 spiro atoms. The fraction of sp³-hybridized carbons (Fsp3) is 0.414. The first-order chi connectivity index (χ1) is 16.9. The van der Waals surface area contributed by atoms with E-state index in [9.17, 15) is 9.59 Å². The Balaban J connectivity index is 1.14. The van der Waals surface area contributed by atoms with Gasteiger partial charge in [0.1, 0.15) is 11.4 Å². The highest BCUT2D eigenvalue weighted by Gasteiger charge is 2.58. The lowest BCUT2D eigenvalue weighted by molar-refractivity contribution is -0.139. The Morgan fingerprint density at radius 1 is 1.06 bits per heavy atom. The number of likely N-dealkylation sites (tertiary alicyclic amines) is 1. The lowest BCUT2D eigenvalue weighted by Gasteiger charge is -2.41. The van der Waals surface area contributed by atoms with E-state index in [0.717, 1.165) is 55.7 Å². The summed E-state index contributed by atoms with van der Waals surface area (Å²) in [5.74, 6) is 1.89. The molecule has 5 nitrogen and oxygen atoms in total. The average Bonchev–Trinajstić information content (AvgIpc) is 3.72. The minimum absolute atomic E-state index is 0.154. The summed E-state index contributed by atoms with van der Waals surface area (Å²) in [6, 6.07) is 15.4. The summed E-state index contributed by atoms with van der Waals surface area (Å²) in [6.45, 7) is 6.46. The van der Waals surface area contributed by atoms with E-state index in [1.165, 1.54) is 26.1 Å². The number of rotatable bonds is 5. The smallest absolute Gasteiger partial charge is 0.256 e. The third-order valence-corrected chi connectivity index (χ3v) is 9.05. The minimum atomic E-state index is -0.518. The van der Waals surface area contributed by atoms with Gasteiger partial charge in [-0.2, -0.15) is 0 Å². The molecule has 1 saturated heterocycles. The van der Waals surface area contributed by atoms with Crippen molar-refractivity contribution in [2.24, 2.45) is 16.8 Å². The summed E-state index contributed by atoms with van der Waals surface area (Å²) < 4.78 is 1.32. The molecule has 0 bridgehead atoms. The van der Waals surface area contributed by atoms with Gasteiger partial charge in [0, 0.05) is 46.6 Å². The Morgan fingerprint density at radius 3 is 2.51 bits per heavy atom. The van der Waals surface area contributed by atoms with Crippen molar-refractivity contribution in [3.63, 3.8) is 0 Å². The van der Waals surface area contributed by atoms with Crippen LogP contribution in [0.25, 0.3) is 21.2 Å². The second-order valence-electron chi connectivity index (χ2n) is 10.9. The van der Waals surface area contributed by atoms with E-state index in [-0.39, 0.29) is 11.8 Å². The zero-order valence-electron chi connectivity index (χ0n) is 20.2. The molecule has 4 aliphatic rings. The van der Waals surface area contributed by atoms with Crippen LogP contribution in [0.3, 0.4) is 0 Å². The van der Waals surface area contributed by atoms with Crippen LogP contribution in [-0.2, 0) is 9.59 Å². The van der Waals surface area contributed by atoms with Crippen molar-refractivity contribution in [1.82, 2.24) is 9.80 Å². The predicted molar refractivity (Wildman–Crippen MR) is 140 cm³/mol. The van der Waals surface area contributed by atoms with Gasteiger partial charge in [0.15, 0.2) is 0 Å². The van der Waals surface area contributed by atoms with Crippen molar-refractivity contribution < 1.29 is 9.59 Å². The number of carbonyl (C=O) groups is 2. The molecule has 0 N–H and O–H groups in total. The summed E-state index contributed by atoms with van der Waals surface area (Å²) in [6.07, 6.45) is 3.78. The van der Waals surface area contributed by atoms with Crippen LogP contribution in [0.15, 0.2) is 47.5 Å². The van der Waals surface area contributed by atoms with Gasteiger partial charge < -0.3 is 4.90 Å². The highest BCUT2D eigenvalue weighted by molar-refractivity contribution is 7.19. The van der Waals surface area contributed by atoms with Crippen LogP contribution in [-0.4, -0.2) is 52.6 Å². The highest BCUT2D eigenvalue weighted by Crippen LogP contribution is 2.46. The monoisotopic (exact) mass is 483 g/mol. The first-order valence-corrected chi connectivity index (χ1v) is 13.5. The van der Waals surface area contributed by atoms with E-state index >= 15 is 0 Å². The molecule has 3 fully saturated rings. The molecule has 0 radical (unpaired) electrons. The Bertz CT molecular complexity index is 1420. The summed E-state index contributed by atoms with van der Waals surface area (Å²) in [5, 5.41) is 1.29. The van der Waals surface area contributed by atoms with Crippen LogP contribution in [0.2, 0.25) is 0 Å². The predicted octanol–water partition coefficient (Wildman–Crippen LogP) is 5.17. The first-order valence-electron chi connectivity index (χ1n) is 12.7. The van der Waals surface area contributed by atoms with Gasteiger partial charge in [-0.25, -0.2) is 0 Å². The molecular weight excluding hydrogens is 454 g/mol. The zero-order chi connectivity index (χ0) is 23.9. The van der Waals surface area contributed by atoms with Crippen LogP contribution >= 0.6 is 11.3 Å². The van der Waals surface area contributed by atoms with Crippen molar-refractivity contribution in [1.29, 1.82) is 0 Å². The van der Waals surface area contributed by atoms with Gasteiger partial charge in [0.25, 0.3) is 5.91 Å². The number of carbonyl (C=O) groups excluding carboxylic acids is 2. The molecule has 2 amide bonds. The van der Waals surface area contributed by atoms with Crippen LogP contribution < -0.4 is 0 Å². The SMILES string of the molecule is Cc1cc2cc(-c3ccc(C4=NC5(CC5)C(=O)N4CC4CN(C(=O)C5CC5)C4)c(C)c3)ccc2s1. The zero-order valence-corrected chi connectivity index (χ0v) is 21.0. The topological polar surface area (TPSA) is 53.0 Å². The van der Waals surface area contributed by atoms with Gasteiger partial charge in [-0.3, -0.25) is 19.5 Å². The van der Waals surface area contributed by atoms with E-state index in [2.05, 4.69) is 56.3 Å². The summed E-state index contributed by atoms with van der Waals surface area (Å²) in [4.78, 5) is 35.9. The van der Waals surface area contributed by atoms with Gasteiger partial charge in [0.2, 0.25) is 5.91 Å². The van der Waals surface area contributed by atoms with Gasteiger partial charge in [-0.05, 0) is 79.8 Å². The lowest BCUT2D eigenvalue weighted by Crippen LogP contribution is -2.55. The minimum Gasteiger partial charge on any atom is -0.342 e. The first kappa shape index (κ1) is 21.3. The molecule has 3 heterocycles. The number of fused-ring (bicyclic) bond motifs is 1. The normalized spacial score (nSPS) is 21.1. The third-order valence-electron chi connectivity index (χ3n) is 8.02. The van der Waals surface area contributed by atoms with Gasteiger partial charge in [0.05, 0.1) is 0 Å². The number of aliphatic imine (C=N–C) groups is 1. The Hall–Kier alpha value is -2.99. The Morgan fingerprint density at radius 2 is 1.80 bits per heavy atom. The lowest BCUT2D eigenvalue weighted by atomic mass is 9.96. The van der Waals surface area contributed by atoms with Crippen molar-refractivity contribution in [3.05, 3.63) is 58.5 Å². The highest BCUT2D eigenvalue weighted by atomic mass is 32.1. The van der Waals surface area contributed by atoms with Crippen LogP contribution in [0.4, 0.5) is 0 Å². The molecule has 3 aromatic rings. The molecule has 2 aliphatic carbocycles. The number of amides is 2.